The molecule has 0 saturated carbocycles. The van der Waals surface area contributed by atoms with Crippen molar-refractivity contribution in [1.29, 1.82) is 0 Å². The first-order valence-electron chi connectivity index (χ1n) is 7.43. The van der Waals surface area contributed by atoms with Crippen molar-refractivity contribution in [2.24, 2.45) is 5.92 Å². The minimum absolute atomic E-state index is 0.0403. The Morgan fingerprint density at radius 1 is 1.09 bits per heavy atom. The molecule has 5 heteroatoms. The van der Waals surface area contributed by atoms with Gasteiger partial charge >= 0.3 is 0 Å². The van der Waals surface area contributed by atoms with Crippen molar-refractivity contribution < 1.29 is 13.5 Å². The van der Waals surface area contributed by atoms with Crippen LogP contribution < -0.4 is 4.31 Å². The van der Waals surface area contributed by atoms with Crippen LogP contribution >= 0.6 is 0 Å². The quantitative estimate of drug-likeness (QED) is 0.874. The van der Waals surface area contributed by atoms with E-state index in [1.807, 2.05) is 44.2 Å². The molecule has 122 valence electrons. The van der Waals surface area contributed by atoms with Crippen LogP contribution in [0.3, 0.4) is 0 Å². The van der Waals surface area contributed by atoms with E-state index in [1.54, 1.807) is 18.2 Å². The summed E-state index contributed by atoms with van der Waals surface area (Å²) in [6.45, 7) is 4.24. The first kappa shape index (κ1) is 17.1. The van der Waals surface area contributed by atoms with Gasteiger partial charge in [-0.05, 0) is 29.7 Å². The molecule has 0 radical (unpaired) electrons. The largest absolute Gasteiger partial charge is 0.508 e. The van der Waals surface area contributed by atoms with Crippen LogP contribution in [-0.2, 0) is 10.0 Å². The third-order valence-electron chi connectivity index (χ3n) is 3.19. The fraction of sp³-hybridized carbons (Fsp3) is 0.222. The zero-order valence-electron chi connectivity index (χ0n) is 13.3. The van der Waals surface area contributed by atoms with Gasteiger partial charge in [-0.3, -0.25) is 4.31 Å². The maximum atomic E-state index is 12.7. The molecule has 0 aliphatic heterocycles. The monoisotopic (exact) mass is 331 g/mol. The molecule has 0 amide bonds. The second-order valence-corrected chi connectivity index (χ2v) is 7.45. The van der Waals surface area contributed by atoms with Crippen molar-refractivity contribution in [3.8, 4) is 5.75 Å². The Labute approximate surface area is 137 Å². The molecule has 0 spiro atoms. The Bertz CT molecular complexity index is 768. The Morgan fingerprint density at radius 2 is 1.78 bits per heavy atom. The Morgan fingerprint density at radius 3 is 2.39 bits per heavy atom. The number of anilines is 1. The van der Waals surface area contributed by atoms with E-state index < -0.39 is 10.0 Å². The lowest BCUT2D eigenvalue weighted by molar-refractivity contribution is 0.475. The number of hydrogen-bond donors (Lipinski definition) is 1. The van der Waals surface area contributed by atoms with Gasteiger partial charge in [0.2, 0.25) is 0 Å². The number of rotatable bonds is 6. The predicted octanol–water partition coefficient (Wildman–Crippen LogP) is 3.86. The molecular formula is C18H21NO3S. The highest BCUT2D eigenvalue weighted by molar-refractivity contribution is 7.95. The van der Waals surface area contributed by atoms with Gasteiger partial charge in [0.15, 0.2) is 0 Å². The molecular weight excluding hydrogens is 310 g/mol. The zero-order chi connectivity index (χ0) is 16.9. The maximum absolute atomic E-state index is 12.7. The first-order chi connectivity index (χ1) is 10.9. The molecule has 23 heavy (non-hydrogen) atoms. The van der Waals surface area contributed by atoms with Crippen LogP contribution in [0.4, 0.5) is 5.69 Å². The van der Waals surface area contributed by atoms with Gasteiger partial charge in [0.1, 0.15) is 5.75 Å². The fourth-order valence-corrected chi connectivity index (χ4v) is 3.53. The number of sulfonamides is 1. The van der Waals surface area contributed by atoms with Gasteiger partial charge in [-0.25, -0.2) is 8.42 Å². The van der Waals surface area contributed by atoms with E-state index in [0.717, 1.165) is 5.56 Å². The molecule has 2 aromatic rings. The lowest BCUT2D eigenvalue weighted by Crippen LogP contribution is -2.32. The van der Waals surface area contributed by atoms with E-state index in [-0.39, 0.29) is 11.7 Å². The van der Waals surface area contributed by atoms with Crippen molar-refractivity contribution in [3.05, 3.63) is 65.6 Å². The number of benzene rings is 2. The highest BCUT2D eigenvalue weighted by Crippen LogP contribution is 2.24. The summed E-state index contributed by atoms with van der Waals surface area (Å²) in [6, 6.07) is 15.6. The van der Waals surface area contributed by atoms with Crippen LogP contribution in [0, 0.1) is 5.92 Å². The van der Waals surface area contributed by atoms with Crippen molar-refractivity contribution in [1.82, 2.24) is 0 Å². The predicted molar refractivity (Wildman–Crippen MR) is 94.7 cm³/mol. The highest BCUT2D eigenvalue weighted by atomic mass is 32.2. The van der Waals surface area contributed by atoms with Crippen LogP contribution in [-0.4, -0.2) is 20.1 Å². The average molecular weight is 331 g/mol. The topological polar surface area (TPSA) is 57.6 Å². The van der Waals surface area contributed by atoms with Gasteiger partial charge in [-0.2, -0.15) is 0 Å². The fourth-order valence-electron chi connectivity index (χ4n) is 2.14. The zero-order valence-corrected chi connectivity index (χ0v) is 14.1. The van der Waals surface area contributed by atoms with Crippen LogP contribution in [0.25, 0.3) is 6.08 Å². The molecule has 0 fully saturated rings. The summed E-state index contributed by atoms with van der Waals surface area (Å²) in [6.07, 6.45) is 1.57. The van der Waals surface area contributed by atoms with Gasteiger partial charge in [-0.15, -0.1) is 0 Å². The van der Waals surface area contributed by atoms with Crippen LogP contribution in [0.2, 0.25) is 0 Å². The summed E-state index contributed by atoms with van der Waals surface area (Å²) in [5.41, 5.74) is 1.27. The molecule has 0 saturated heterocycles. The summed E-state index contributed by atoms with van der Waals surface area (Å²) in [4.78, 5) is 0. The molecule has 1 N–H and O–H groups in total. The lowest BCUT2D eigenvalue weighted by atomic mass is 10.2. The summed E-state index contributed by atoms with van der Waals surface area (Å²) in [5, 5.41) is 10.8. The Kier molecular flexibility index (Phi) is 5.45. The summed E-state index contributed by atoms with van der Waals surface area (Å²) in [7, 11) is -3.64. The minimum Gasteiger partial charge on any atom is -0.508 e. The van der Waals surface area contributed by atoms with Gasteiger partial charge in [0, 0.05) is 12.6 Å². The van der Waals surface area contributed by atoms with E-state index in [2.05, 4.69) is 0 Å². The number of phenolic OH excluding ortho intramolecular Hbond substituents is 1. The van der Waals surface area contributed by atoms with E-state index >= 15 is 0 Å². The smallest absolute Gasteiger partial charge is 0.257 e. The van der Waals surface area contributed by atoms with Gasteiger partial charge in [0.05, 0.1) is 11.1 Å². The normalized spacial score (nSPS) is 12.0. The second-order valence-electron chi connectivity index (χ2n) is 5.70. The van der Waals surface area contributed by atoms with E-state index in [4.69, 9.17) is 0 Å². The van der Waals surface area contributed by atoms with Crippen LogP contribution in [0.1, 0.15) is 19.4 Å². The van der Waals surface area contributed by atoms with Crippen molar-refractivity contribution >= 4 is 21.8 Å². The van der Waals surface area contributed by atoms with E-state index in [0.29, 0.717) is 12.2 Å². The first-order valence-corrected chi connectivity index (χ1v) is 8.94. The highest BCUT2D eigenvalue weighted by Gasteiger charge is 2.21. The molecule has 2 rings (SSSR count). The Hall–Kier alpha value is -2.27. The molecule has 2 aromatic carbocycles. The van der Waals surface area contributed by atoms with Crippen LogP contribution in [0.15, 0.2) is 60.0 Å². The van der Waals surface area contributed by atoms with Gasteiger partial charge in [0.25, 0.3) is 10.0 Å². The second kappa shape index (κ2) is 7.33. The molecule has 4 nitrogen and oxygen atoms in total. The molecule has 0 heterocycles. The third-order valence-corrected chi connectivity index (χ3v) is 4.64. The van der Waals surface area contributed by atoms with E-state index in [1.165, 1.54) is 21.8 Å². The third kappa shape index (κ3) is 4.86. The number of hydrogen-bond acceptors (Lipinski definition) is 3. The molecule has 0 aromatic heterocycles. The molecule has 0 unspecified atom stereocenters. The molecule has 0 aliphatic carbocycles. The Balaban J connectivity index is 2.35. The summed E-state index contributed by atoms with van der Waals surface area (Å²) >= 11 is 0. The maximum Gasteiger partial charge on any atom is 0.257 e. The van der Waals surface area contributed by atoms with E-state index in [9.17, 15) is 13.5 Å². The standard InChI is InChI=1S/C18H21NO3S/c1-15(2)14-19(17-9-6-10-18(20)13-17)23(21,22)12-11-16-7-4-3-5-8-16/h3-13,15,20H,14H2,1-2H3/b12-11+. The van der Waals surface area contributed by atoms with Gasteiger partial charge in [-0.1, -0.05) is 50.2 Å². The summed E-state index contributed by atoms with van der Waals surface area (Å²) in [5.74, 6) is 0.191. The average Bonchev–Trinajstić information content (AvgIpc) is 2.51. The number of phenols is 1. The van der Waals surface area contributed by atoms with Crippen molar-refractivity contribution in [3.63, 3.8) is 0 Å². The molecule has 0 atom stereocenters. The van der Waals surface area contributed by atoms with Crippen molar-refractivity contribution in [2.75, 3.05) is 10.8 Å². The van der Waals surface area contributed by atoms with Gasteiger partial charge < -0.3 is 5.11 Å². The molecule has 0 aliphatic rings. The van der Waals surface area contributed by atoms with Crippen LogP contribution in [0.5, 0.6) is 5.75 Å². The SMILES string of the molecule is CC(C)CN(c1cccc(O)c1)S(=O)(=O)/C=C/c1ccccc1. The number of aromatic hydroxyl groups is 1. The summed E-state index contributed by atoms with van der Waals surface area (Å²) < 4.78 is 26.7. The number of nitrogens with zero attached hydrogens (tertiary/aromatic N) is 1. The minimum atomic E-state index is -3.64. The molecule has 0 bridgehead atoms. The lowest BCUT2D eigenvalue weighted by Gasteiger charge is -2.24. The van der Waals surface area contributed by atoms with Crippen molar-refractivity contribution in [2.45, 2.75) is 13.8 Å².